The number of aromatic nitrogens is 1. The van der Waals surface area contributed by atoms with Crippen molar-refractivity contribution in [1.29, 1.82) is 0 Å². The first-order valence-electron chi connectivity index (χ1n) is 6.15. The van der Waals surface area contributed by atoms with Crippen LogP contribution < -0.4 is 9.62 Å². The van der Waals surface area contributed by atoms with E-state index >= 15 is 0 Å². The SMILES string of the molecule is CNc1ccc(S(=O)(=O)N(C)c2ccccc2C)cn1. The summed E-state index contributed by atoms with van der Waals surface area (Å²) < 4.78 is 26.4. The molecule has 106 valence electrons. The molecule has 1 N–H and O–H groups in total. The number of rotatable bonds is 4. The lowest BCUT2D eigenvalue weighted by Crippen LogP contribution is -2.27. The van der Waals surface area contributed by atoms with Gasteiger partial charge >= 0.3 is 0 Å². The first-order valence-corrected chi connectivity index (χ1v) is 7.59. The van der Waals surface area contributed by atoms with Crippen molar-refractivity contribution in [3.8, 4) is 0 Å². The fourth-order valence-electron chi connectivity index (χ4n) is 1.89. The van der Waals surface area contributed by atoms with E-state index in [-0.39, 0.29) is 4.90 Å². The lowest BCUT2D eigenvalue weighted by molar-refractivity contribution is 0.594. The highest BCUT2D eigenvalue weighted by molar-refractivity contribution is 7.92. The standard InChI is InChI=1S/C14H17N3O2S/c1-11-6-4-5-7-13(11)17(3)20(18,19)12-8-9-14(15-2)16-10-12/h4-10H,1-3H3,(H,15,16). The zero-order valence-electron chi connectivity index (χ0n) is 11.7. The third-order valence-corrected chi connectivity index (χ3v) is 4.86. The van der Waals surface area contributed by atoms with Gasteiger partial charge in [-0.3, -0.25) is 4.31 Å². The van der Waals surface area contributed by atoms with Crippen LogP contribution in [0.2, 0.25) is 0 Å². The van der Waals surface area contributed by atoms with Crippen LogP contribution in [0.15, 0.2) is 47.5 Å². The van der Waals surface area contributed by atoms with Gasteiger partial charge in [0.25, 0.3) is 10.0 Å². The lowest BCUT2D eigenvalue weighted by atomic mass is 10.2. The van der Waals surface area contributed by atoms with E-state index in [4.69, 9.17) is 0 Å². The number of nitrogens with zero attached hydrogens (tertiary/aromatic N) is 2. The topological polar surface area (TPSA) is 62.3 Å². The number of hydrogen-bond donors (Lipinski definition) is 1. The minimum absolute atomic E-state index is 0.169. The Balaban J connectivity index is 2.41. The molecule has 1 aromatic heterocycles. The Hall–Kier alpha value is -2.08. The molecule has 6 heteroatoms. The van der Waals surface area contributed by atoms with Crippen molar-refractivity contribution in [2.24, 2.45) is 0 Å². The molecule has 20 heavy (non-hydrogen) atoms. The molecule has 0 bridgehead atoms. The minimum atomic E-state index is -3.60. The molecular formula is C14H17N3O2S. The summed E-state index contributed by atoms with van der Waals surface area (Å²) in [6, 6.07) is 10.5. The first-order chi connectivity index (χ1) is 9.46. The van der Waals surface area contributed by atoms with Crippen molar-refractivity contribution in [3.05, 3.63) is 48.2 Å². The quantitative estimate of drug-likeness (QED) is 0.938. The molecule has 0 saturated carbocycles. The summed E-state index contributed by atoms with van der Waals surface area (Å²) in [4.78, 5) is 4.21. The van der Waals surface area contributed by atoms with Crippen LogP contribution in [0.25, 0.3) is 0 Å². The van der Waals surface area contributed by atoms with Crippen LogP contribution in [0.4, 0.5) is 11.5 Å². The summed E-state index contributed by atoms with van der Waals surface area (Å²) in [7, 11) is -0.319. The summed E-state index contributed by atoms with van der Waals surface area (Å²) in [5.41, 5.74) is 1.56. The predicted octanol–water partition coefficient (Wildman–Crippen LogP) is 2.26. The summed E-state index contributed by atoms with van der Waals surface area (Å²) in [6.07, 6.45) is 1.36. The third-order valence-electron chi connectivity index (χ3n) is 3.11. The number of pyridine rings is 1. The molecule has 1 heterocycles. The number of para-hydroxylation sites is 1. The number of nitrogens with one attached hydrogen (secondary N) is 1. The average molecular weight is 291 g/mol. The minimum Gasteiger partial charge on any atom is -0.373 e. The van der Waals surface area contributed by atoms with Gasteiger partial charge in [-0.2, -0.15) is 0 Å². The second-order valence-electron chi connectivity index (χ2n) is 4.39. The lowest BCUT2D eigenvalue weighted by Gasteiger charge is -2.21. The van der Waals surface area contributed by atoms with Crippen molar-refractivity contribution in [1.82, 2.24) is 4.98 Å². The molecule has 0 atom stereocenters. The molecule has 0 fully saturated rings. The van der Waals surface area contributed by atoms with Crippen LogP contribution in [0.3, 0.4) is 0 Å². The largest absolute Gasteiger partial charge is 0.373 e. The molecule has 0 unspecified atom stereocenters. The Morgan fingerprint density at radius 1 is 1.15 bits per heavy atom. The van der Waals surface area contributed by atoms with Crippen molar-refractivity contribution in [2.45, 2.75) is 11.8 Å². The fourth-order valence-corrected chi connectivity index (χ4v) is 3.09. The second kappa shape index (κ2) is 5.50. The third kappa shape index (κ3) is 2.60. The van der Waals surface area contributed by atoms with Gasteiger partial charge < -0.3 is 5.32 Å². The Morgan fingerprint density at radius 3 is 2.40 bits per heavy atom. The van der Waals surface area contributed by atoms with Gasteiger partial charge in [-0.05, 0) is 30.7 Å². The molecule has 0 aliphatic carbocycles. The molecule has 1 aromatic carbocycles. The fraction of sp³-hybridized carbons (Fsp3) is 0.214. The molecule has 0 spiro atoms. The monoisotopic (exact) mass is 291 g/mol. The Labute approximate surface area is 119 Å². The molecule has 0 saturated heterocycles. The zero-order chi connectivity index (χ0) is 14.8. The summed E-state index contributed by atoms with van der Waals surface area (Å²) >= 11 is 0. The van der Waals surface area contributed by atoms with Crippen LogP contribution in [-0.2, 0) is 10.0 Å². The van der Waals surface area contributed by atoms with Crippen molar-refractivity contribution >= 4 is 21.5 Å². The number of hydrogen-bond acceptors (Lipinski definition) is 4. The van der Waals surface area contributed by atoms with Crippen LogP contribution in [0.5, 0.6) is 0 Å². The van der Waals surface area contributed by atoms with Gasteiger partial charge in [0, 0.05) is 20.3 Å². The Morgan fingerprint density at radius 2 is 1.85 bits per heavy atom. The molecule has 2 rings (SSSR count). The van der Waals surface area contributed by atoms with E-state index in [0.717, 1.165) is 5.56 Å². The maximum atomic E-state index is 12.5. The highest BCUT2D eigenvalue weighted by Crippen LogP contribution is 2.24. The van der Waals surface area contributed by atoms with Crippen molar-refractivity contribution in [3.63, 3.8) is 0 Å². The maximum absolute atomic E-state index is 12.5. The summed E-state index contributed by atoms with van der Waals surface area (Å²) in [5, 5.41) is 2.86. The molecule has 0 aliphatic heterocycles. The molecule has 0 aliphatic rings. The van der Waals surface area contributed by atoms with Crippen molar-refractivity contribution in [2.75, 3.05) is 23.7 Å². The number of anilines is 2. The summed E-state index contributed by atoms with van der Waals surface area (Å²) in [6.45, 7) is 1.88. The second-order valence-corrected chi connectivity index (χ2v) is 6.36. The summed E-state index contributed by atoms with van der Waals surface area (Å²) in [5.74, 6) is 0.627. The highest BCUT2D eigenvalue weighted by atomic mass is 32.2. The molecule has 2 aromatic rings. The van der Waals surface area contributed by atoms with Gasteiger partial charge in [-0.15, -0.1) is 0 Å². The first kappa shape index (κ1) is 14.3. The van der Waals surface area contributed by atoms with E-state index in [1.54, 1.807) is 32.3 Å². The van der Waals surface area contributed by atoms with E-state index in [0.29, 0.717) is 11.5 Å². The van der Waals surface area contributed by atoms with E-state index in [1.165, 1.54) is 10.5 Å². The molecule has 5 nitrogen and oxygen atoms in total. The van der Waals surface area contributed by atoms with Gasteiger partial charge in [0.2, 0.25) is 0 Å². The molecular weight excluding hydrogens is 274 g/mol. The van der Waals surface area contributed by atoms with Gasteiger partial charge in [0.1, 0.15) is 10.7 Å². The van der Waals surface area contributed by atoms with Gasteiger partial charge in [-0.25, -0.2) is 13.4 Å². The number of sulfonamides is 1. The highest BCUT2D eigenvalue weighted by Gasteiger charge is 2.22. The smallest absolute Gasteiger partial charge is 0.265 e. The van der Waals surface area contributed by atoms with E-state index in [9.17, 15) is 8.42 Å². The Kier molecular flexibility index (Phi) is 3.94. The van der Waals surface area contributed by atoms with Crippen molar-refractivity contribution < 1.29 is 8.42 Å². The predicted molar refractivity (Wildman–Crippen MR) is 80.6 cm³/mol. The zero-order valence-corrected chi connectivity index (χ0v) is 12.5. The normalized spacial score (nSPS) is 11.2. The van der Waals surface area contributed by atoms with E-state index in [2.05, 4.69) is 10.3 Å². The maximum Gasteiger partial charge on any atom is 0.265 e. The van der Waals surface area contributed by atoms with E-state index < -0.39 is 10.0 Å². The van der Waals surface area contributed by atoms with Gasteiger partial charge in [0.15, 0.2) is 0 Å². The van der Waals surface area contributed by atoms with Crippen LogP contribution in [0.1, 0.15) is 5.56 Å². The van der Waals surface area contributed by atoms with Crippen LogP contribution in [0, 0.1) is 6.92 Å². The number of benzene rings is 1. The number of aryl methyl sites for hydroxylation is 1. The van der Waals surface area contributed by atoms with Crippen LogP contribution in [-0.4, -0.2) is 27.5 Å². The average Bonchev–Trinajstić information content (AvgIpc) is 2.47. The van der Waals surface area contributed by atoms with Crippen LogP contribution >= 0.6 is 0 Å². The Bertz CT molecular complexity index is 697. The van der Waals surface area contributed by atoms with E-state index in [1.807, 2.05) is 25.1 Å². The molecule has 0 radical (unpaired) electrons. The van der Waals surface area contributed by atoms with Gasteiger partial charge in [0.05, 0.1) is 5.69 Å². The van der Waals surface area contributed by atoms with Gasteiger partial charge in [-0.1, -0.05) is 18.2 Å². The molecule has 0 amide bonds.